The van der Waals surface area contributed by atoms with E-state index in [0.29, 0.717) is 10.8 Å². The predicted molar refractivity (Wildman–Crippen MR) is 108 cm³/mol. The third-order valence-electron chi connectivity index (χ3n) is 3.97. The number of aromatic nitrogens is 2. The van der Waals surface area contributed by atoms with Gasteiger partial charge in [0.25, 0.3) is 11.1 Å². The normalized spacial score (nSPS) is 13.0. The molecule has 29 heavy (non-hydrogen) atoms. The molecule has 1 heterocycles. The Morgan fingerprint density at radius 2 is 1.93 bits per heavy atom. The molecular formula is C20H19ClFN3O3S. The number of carbonyl (C=O) groups excluding carboxylic acids is 1. The first kappa shape index (κ1) is 21.1. The van der Waals surface area contributed by atoms with Gasteiger partial charge in [0.2, 0.25) is 5.91 Å². The number of rotatable bonds is 8. The van der Waals surface area contributed by atoms with E-state index >= 15 is 0 Å². The molecule has 1 aromatic heterocycles. The van der Waals surface area contributed by atoms with Crippen molar-refractivity contribution in [1.82, 2.24) is 15.5 Å². The van der Waals surface area contributed by atoms with Gasteiger partial charge in [-0.3, -0.25) is 4.79 Å². The van der Waals surface area contributed by atoms with E-state index in [0.717, 1.165) is 17.3 Å². The van der Waals surface area contributed by atoms with Crippen molar-refractivity contribution in [2.75, 3.05) is 5.75 Å². The average molecular weight is 436 g/mol. The lowest BCUT2D eigenvalue weighted by atomic mass is 10.1. The molecule has 2 aromatic carbocycles. The van der Waals surface area contributed by atoms with Crippen LogP contribution in [0.15, 0.2) is 58.2 Å². The fourth-order valence-corrected chi connectivity index (χ4v) is 3.41. The van der Waals surface area contributed by atoms with Gasteiger partial charge in [0, 0.05) is 5.02 Å². The van der Waals surface area contributed by atoms with E-state index in [1.807, 2.05) is 25.1 Å². The standard InChI is InChI=1S/C20H19ClFN3O3S/c1-12(16-5-3-4-6-17(16)21)23-18(26)11-29-20-25-24-19(28-20)13(2)27-15-9-7-14(22)8-10-15/h3-10,12-13H,11H2,1-2H3,(H,23,26)/t12-,13+/m0/s1. The Bertz CT molecular complexity index is 968. The van der Waals surface area contributed by atoms with Gasteiger partial charge < -0.3 is 14.5 Å². The van der Waals surface area contributed by atoms with Crippen molar-refractivity contribution >= 4 is 29.3 Å². The van der Waals surface area contributed by atoms with Crippen molar-refractivity contribution in [3.63, 3.8) is 0 Å². The molecule has 0 aliphatic rings. The van der Waals surface area contributed by atoms with Gasteiger partial charge in [0.15, 0.2) is 6.10 Å². The number of carbonyl (C=O) groups is 1. The minimum atomic E-state index is -0.517. The van der Waals surface area contributed by atoms with Gasteiger partial charge in [-0.1, -0.05) is 41.6 Å². The van der Waals surface area contributed by atoms with Crippen molar-refractivity contribution < 1.29 is 18.3 Å². The monoisotopic (exact) mass is 435 g/mol. The first-order valence-corrected chi connectivity index (χ1v) is 10.2. The van der Waals surface area contributed by atoms with Crippen molar-refractivity contribution in [1.29, 1.82) is 0 Å². The first-order chi connectivity index (χ1) is 13.9. The minimum Gasteiger partial charge on any atom is -0.481 e. The molecule has 0 aliphatic heterocycles. The Morgan fingerprint density at radius 3 is 2.66 bits per heavy atom. The Hall–Kier alpha value is -2.58. The lowest BCUT2D eigenvalue weighted by molar-refractivity contribution is -0.119. The zero-order valence-electron chi connectivity index (χ0n) is 15.8. The summed E-state index contributed by atoms with van der Waals surface area (Å²) in [7, 11) is 0. The summed E-state index contributed by atoms with van der Waals surface area (Å²) in [5.41, 5.74) is 0.847. The van der Waals surface area contributed by atoms with Gasteiger partial charge in [0.1, 0.15) is 11.6 Å². The number of halogens is 2. The SMILES string of the molecule is C[C@H](NC(=O)CSc1nnc([C@@H](C)Oc2ccc(F)cc2)o1)c1ccccc1Cl. The summed E-state index contributed by atoms with van der Waals surface area (Å²) >= 11 is 7.28. The summed E-state index contributed by atoms with van der Waals surface area (Å²) < 4.78 is 24.1. The molecule has 152 valence electrons. The quantitative estimate of drug-likeness (QED) is 0.503. The molecule has 6 nitrogen and oxygen atoms in total. The molecule has 9 heteroatoms. The summed E-state index contributed by atoms with van der Waals surface area (Å²) in [5, 5.41) is 11.6. The van der Waals surface area contributed by atoms with Gasteiger partial charge >= 0.3 is 0 Å². The molecule has 0 saturated heterocycles. The molecule has 1 N–H and O–H groups in total. The summed E-state index contributed by atoms with van der Waals surface area (Å²) in [6.07, 6.45) is -0.517. The molecule has 1 amide bonds. The molecule has 0 aliphatic carbocycles. The van der Waals surface area contributed by atoms with Crippen LogP contribution < -0.4 is 10.1 Å². The van der Waals surface area contributed by atoms with Crippen LogP contribution in [0.5, 0.6) is 5.75 Å². The Kier molecular flexibility index (Phi) is 7.11. The van der Waals surface area contributed by atoms with Crippen molar-refractivity contribution in [2.24, 2.45) is 0 Å². The molecular weight excluding hydrogens is 417 g/mol. The third-order valence-corrected chi connectivity index (χ3v) is 5.13. The molecule has 3 aromatic rings. The molecule has 0 spiro atoms. The second-order valence-electron chi connectivity index (χ2n) is 6.22. The Labute approximate surface area is 176 Å². The molecule has 0 bridgehead atoms. The van der Waals surface area contributed by atoms with E-state index in [4.69, 9.17) is 20.8 Å². The van der Waals surface area contributed by atoms with E-state index in [2.05, 4.69) is 15.5 Å². The zero-order chi connectivity index (χ0) is 20.8. The fourth-order valence-electron chi connectivity index (χ4n) is 2.53. The van der Waals surface area contributed by atoms with Gasteiger partial charge in [-0.2, -0.15) is 0 Å². The first-order valence-electron chi connectivity index (χ1n) is 8.84. The number of benzene rings is 2. The molecule has 0 saturated carbocycles. The van der Waals surface area contributed by atoms with Crippen LogP contribution >= 0.6 is 23.4 Å². The summed E-state index contributed by atoms with van der Waals surface area (Å²) in [6.45, 7) is 3.60. The van der Waals surface area contributed by atoms with Crippen LogP contribution in [0.2, 0.25) is 5.02 Å². The van der Waals surface area contributed by atoms with Gasteiger partial charge in [-0.15, -0.1) is 10.2 Å². The molecule has 3 rings (SSSR count). The molecule has 2 atom stereocenters. The third kappa shape index (κ3) is 5.95. The highest BCUT2D eigenvalue weighted by molar-refractivity contribution is 7.99. The molecule has 0 radical (unpaired) electrons. The number of hydrogen-bond acceptors (Lipinski definition) is 6. The summed E-state index contributed by atoms with van der Waals surface area (Å²) in [5.74, 6) is 0.339. The largest absolute Gasteiger partial charge is 0.481 e. The van der Waals surface area contributed by atoms with E-state index in [9.17, 15) is 9.18 Å². The number of thioether (sulfide) groups is 1. The Morgan fingerprint density at radius 1 is 1.21 bits per heavy atom. The summed E-state index contributed by atoms with van der Waals surface area (Å²) in [6, 6.07) is 12.8. The molecule has 0 fully saturated rings. The topological polar surface area (TPSA) is 77.2 Å². The van der Waals surface area contributed by atoms with Gasteiger partial charge in [-0.05, 0) is 49.7 Å². The van der Waals surface area contributed by atoms with Crippen LogP contribution in [0.4, 0.5) is 4.39 Å². The highest BCUT2D eigenvalue weighted by Gasteiger charge is 2.18. The van der Waals surface area contributed by atoms with Gasteiger partial charge in [0.05, 0.1) is 11.8 Å². The maximum atomic E-state index is 13.0. The smallest absolute Gasteiger partial charge is 0.277 e. The minimum absolute atomic E-state index is 0.115. The van der Waals surface area contributed by atoms with Crippen molar-refractivity contribution in [3.05, 3.63) is 70.8 Å². The van der Waals surface area contributed by atoms with E-state index in [1.165, 1.54) is 24.3 Å². The van der Waals surface area contributed by atoms with Crippen LogP contribution in [0.25, 0.3) is 0 Å². The van der Waals surface area contributed by atoms with Crippen LogP contribution in [-0.2, 0) is 4.79 Å². The molecule has 0 unspecified atom stereocenters. The Balaban J connectivity index is 1.50. The highest BCUT2D eigenvalue weighted by atomic mass is 35.5. The van der Waals surface area contributed by atoms with Crippen molar-refractivity contribution in [2.45, 2.75) is 31.2 Å². The predicted octanol–water partition coefficient (Wildman–Crippen LogP) is 4.97. The number of amides is 1. The number of nitrogens with one attached hydrogen (secondary N) is 1. The lowest BCUT2D eigenvalue weighted by Gasteiger charge is -2.15. The summed E-state index contributed by atoms with van der Waals surface area (Å²) in [4.78, 5) is 12.2. The fraction of sp³-hybridized carbons (Fsp3) is 0.250. The van der Waals surface area contributed by atoms with E-state index in [-0.39, 0.29) is 34.6 Å². The second kappa shape index (κ2) is 9.76. The number of hydrogen-bond donors (Lipinski definition) is 1. The van der Waals surface area contributed by atoms with Crippen LogP contribution in [0.1, 0.15) is 37.4 Å². The maximum Gasteiger partial charge on any atom is 0.277 e. The zero-order valence-corrected chi connectivity index (χ0v) is 17.3. The average Bonchev–Trinajstić information content (AvgIpc) is 3.18. The maximum absolute atomic E-state index is 13.0. The van der Waals surface area contributed by atoms with Crippen LogP contribution in [-0.4, -0.2) is 21.9 Å². The van der Waals surface area contributed by atoms with Gasteiger partial charge in [-0.25, -0.2) is 4.39 Å². The highest BCUT2D eigenvalue weighted by Crippen LogP contribution is 2.25. The lowest BCUT2D eigenvalue weighted by Crippen LogP contribution is -2.28. The van der Waals surface area contributed by atoms with E-state index < -0.39 is 6.10 Å². The van der Waals surface area contributed by atoms with E-state index in [1.54, 1.807) is 13.0 Å². The number of nitrogens with zero attached hydrogens (tertiary/aromatic N) is 2. The van der Waals surface area contributed by atoms with Crippen LogP contribution in [0, 0.1) is 5.82 Å². The van der Waals surface area contributed by atoms with Crippen LogP contribution in [0.3, 0.4) is 0 Å². The number of ether oxygens (including phenoxy) is 1. The second-order valence-corrected chi connectivity index (χ2v) is 7.55. The van der Waals surface area contributed by atoms with Crippen molar-refractivity contribution in [3.8, 4) is 5.75 Å².